The second-order valence-electron chi connectivity index (χ2n) is 3.31. The SMILES string of the molecule is O=C(O)C1CCC#CCC([N+](=O)[O-])C1. The van der Waals surface area contributed by atoms with Crippen molar-refractivity contribution in [3.8, 4) is 11.8 Å². The van der Waals surface area contributed by atoms with Crippen LogP contribution in [-0.4, -0.2) is 22.0 Å². The fraction of sp³-hybridized carbons (Fsp3) is 0.667. The molecule has 0 amide bonds. The van der Waals surface area contributed by atoms with Crippen LogP contribution in [0.1, 0.15) is 25.7 Å². The molecule has 2 atom stereocenters. The van der Waals surface area contributed by atoms with Gasteiger partial charge in [-0.25, -0.2) is 0 Å². The predicted molar refractivity (Wildman–Crippen MR) is 48.2 cm³/mol. The lowest BCUT2D eigenvalue weighted by atomic mass is 9.92. The number of hydrogen-bond acceptors (Lipinski definition) is 3. The Balaban J connectivity index is 2.71. The second kappa shape index (κ2) is 4.61. The molecule has 0 saturated carbocycles. The summed E-state index contributed by atoms with van der Waals surface area (Å²) in [5, 5.41) is 19.3. The van der Waals surface area contributed by atoms with E-state index in [9.17, 15) is 14.9 Å². The molecule has 1 aliphatic rings. The molecular weight excluding hydrogens is 186 g/mol. The van der Waals surface area contributed by atoms with Gasteiger partial charge in [0, 0.05) is 17.8 Å². The van der Waals surface area contributed by atoms with Gasteiger partial charge in [0.25, 0.3) is 0 Å². The molecule has 0 radical (unpaired) electrons. The summed E-state index contributed by atoms with van der Waals surface area (Å²) in [5.74, 6) is 3.85. The average Bonchev–Trinajstić information content (AvgIpc) is 2.01. The molecule has 0 aliphatic heterocycles. The van der Waals surface area contributed by atoms with Crippen LogP contribution in [0.5, 0.6) is 0 Å². The van der Waals surface area contributed by atoms with E-state index < -0.39 is 22.9 Å². The molecule has 1 N–H and O–H groups in total. The first kappa shape index (κ1) is 10.5. The highest BCUT2D eigenvalue weighted by Gasteiger charge is 2.29. The lowest BCUT2D eigenvalue weighted by molar-refractivity contribution is -0.523. The van der Waals surface area contributed by atoms with Gasteiger partial charge in [-0.05, 0) is 6.42 Å². The fourth-order valence-corrected chi connectivity index (χ4v) is 1.44. The van der Waals surface area contributed by atoms with Crippen molar-refractivity contribution in [1.29, 1.82) is 0 Å². The van der Waals surface area contributed by atoms with Crippen molar-refractivity contribution in [2.24, 2.45) is 5.92 Å². The maximum absolute atomic E-state index is 10.7. The van der Waals surface area contributed by atoms with Gasteiger partial charge >= 0.3 is 5.97 Å². The highest BCUT2D eigenvalue weighted by Crippen LogP contribution is 2.18. The zero-order valence-electron chi connectivity index (χ0n) is 7.60. The zero-order chi connectivity index (χ0) is 10.6. The monoisotopic (exact) mass is 197 g/mol. The summed E-state index contributed by atoms with van der Waals surface area (Å²) in [6.07, 6.45) is 1.18. The Labute approximate surface area is 81.3 Å². The van der Waals surface area contributed by atoms with Gasteiger partial charge < -0.3 is 5.11 Å². The Morgan fingerprint density at radius 1 is 1.50 bits per heavy atom. The maximum atomic E-state index is 10.7. The molecule has 0 spiro atoms. The van der Waals surface area contributed by atoms with Crippen LogP contribution in [0.15, 0.2) is 0 Å². The summed E-state index contributed by atoms with van der Waals surface area (Å²) in [7, 11) is 0. The molecule has 1 aliphatic carbocycles. The Morgan fingerprint density at radius 2 is 2.21 bits per heavy atom. The quantitative estimate of drug-likeness (QED) is 0.405. The predicted octanol–water partition coefficient (Wildman–Crippen LogP) is 0.910. The zero-order valence-corrected chi connectivity index (χ0v) is 7.60. The highest BCUT2D eigenvalue weighted by atomic mass is 16.6. The van der Waals surface area contributed by atoms with E-state index in [4.69, 9.17) is 5.11 Å². The Morgan fingerprint density at radius 3 is 2.79 bits per heavy atom. The van der Waals surface area contributed by atoms with Crippen molar-refractivity contribution in [3.63, 3.8) is 0 Å². The third kappa shape index (κ3) is 2.73. The smallest absolute Gasteiger partial charge is 0.306 e. The van der Waals surface area contributed by atoms with Crippen molar-refractivity contribution < 1.29 is 14.8 Å². The van der Waals surface area contributed by atoms with E-state index in [1.165, 1.54) is 0 Å². The number of carbonyl (C=O) groups is 1. The molecule has 5 heteroatoms. The van der Waals surface area contributed by atoms with Gasteiger partial charge in [0.05, 0.1) is 12.3 Å². The van der Waals surface area contributed by atoms with Crippen LogP contribution in [0.2, 0.25) is 0 Å². The number of nitrogens with zero attached hydrogens (tertiary/aromatic N) is 1. The maximum Gasteiger partial charge on any atom is 0.306 e. The molecule has 0 saturated heterocycles. The van der Waals surface area contributed by atoms with Gasteiger partial charge in [-0.2, -0.15) is 0 Å². The molecule has 0 bridgehead atoms. The normalized spacial score (nSPS) is 26.6. The number of hydrogen-bond donors (Lipinski definition) is 1. The minimum Gasteiger partial charge on any atom is -0.481 e. The Hall–Kier alpha value is -1.57. The third-order valence-electron chi connectivity index (χ3n) is 2.28. The number of nitro groups is 1. The van der Waals surface area contributed by atoms with Crippen molar-refractivity contribution in [2.45, 2.75) is 31.7 Å². The first-order valence-corrected chi connectivity index (χ1v) is 4.43. The molecule has 0 aromatic carbocycles. The minimum atomic E-state index is -0.958. The molecule has 14 heavy (non-hydrogen) atoms. The highest BCUT2D eigenvalue weighted by molar-refractivity contribution is 5.70. The third-order valence-corrected chi connectivity index (χ3v) is 2.28. The largest absolute Gasteiger partial charge is 0.481 e. The van der Waals surface area contributed by atoms with E-state index in [1.807, 2.05) is 0 Å². The van der Waals surface area contributed by atoms with Crippen molar-refractivity contribution in [2.75, 3.05) is 0 Å². The number of aliphatic carboxylic acids is 1. The van der Waals surface area contributed by atoms with Crippen molar-refractivity contribution in [3.05, 3.63) is 10.1 Å². The van der Waals surface area contributed by atoms with Gasteiger partial charge in [0.15, 0.2) is 0 Å². The van der Waals surface area contributed by atoms with Gasteiger partial charge in [-0.3, -0.25) is 14.9 Å². The number of carboxylic acid groups (broad SMARTS) is 1. The summed E-state index contributed by atoms with van der Waals surface area (Å²) in [4.78, 5) is 20.8. The van der Waals surface area contributed by atoms with Crippen LogP contribution in [0.25, 0.3) is 0 Å². The second-order valence-corrected chi connectivity index (χ2v) is 3.31. The van der Waals surface area contributed by atoms with Gasteiger partial charge in [0.1, 0.15) is 0 Å². The average molecular weight is 197 g/mol. The van der Waals surface area contributed by atoms with Crippen molar-refractivity contribution >= 4 is 5.97 Å². The summed E-state index contributed by atoms with van der Waals surface area (Å²) < 4.78 is 0. The van der Waals surface area contributed by atoms with E-state index in [1.54, 1.807) is 0 Å². The Bertz CT molecular complexity index is 302. The summed E-state index contributed by atoms with van der Waals surface area (Å²) in [5.41, 5.74) is 0. The van der Waals surface area contributed by atoms with E-state index in [0.717, 1.165) is 0 Å². The van der Waals surface area contributed by atoms with Gasteiger partial charge in [-0.1, -0.05) is 5.92 Å². The van der Waals surface area contributed by atoms with Gasteiger partial charge in [-0.15, -0.1) is 5.92 Å². The molecule has 0 fully saturated rings. The van der Waals surface area contributed by atoms with E-state index in [2.05, 4.69) is 11.8 Å². The number of rotatable bonds is 2. The number of carboxylic acids is 1. The fourth-order valence-electron chi connectivity index (χ4n) is 1.44. The molecule has 5 nitrogen and oxygen atoms in total. The van der Waals surface area contributed by atoms with E-state index in [0.29, 0.717) is 12.8 Å². The van der Waals surface area contributed by atoms with Crippen LogP contribution >= 0.6 is 0 Å². The molecule has 76 valence electrons. The molecule has 0 aromatic heterocycles. The van der Waals surface area contributed by atoms with Crippen LogP contribution in [0, 0.1) is 27.9 Å². The topological polar surface area (TPSA) is 80.4 Å². The van der Waals surface area contributed by atoms with E-state index >= 15 is 0 Å². The van der Waals surface area contributed by atoms with Gasteiger partial charge in [0.2, 0.25) is 6.04 Å². The van der Waals surface area contributed by atoms with Crippen LogP contribution < -0.4 is 0 Å². The molecule has 0 heterocycles. The van der Waals surface area contributed by atoms with Crippen molar-refractivity contribution in [1.82, 2.24) is 0 Å². The molecule has 0 aromatic rings. The summed E-state index contributed by atoms with van der Waals surface area (Å²) in [6, 6.07) is -0.830. The molecule has 2 unspecified atom stereocenters. The first-order valence-electron chi connectivity index (χ1n) is 4.43. The Kier molecular flexibility index (Phi) is 3.46. The van der Waals surface area contributed by atoms with Crippen LogP contribution in [0.4, 0.5) is 0 Å². The standard InChI is InChI=1S/C9H11NO4/c11-9(12)7-4-2-1-3-5-8(6-7)10(13)14/h7-8H,2,4-6H2,(H,11,12). The van der Waals surface area contributed by atoms with E-state index in [-0.39, 0.29) is 12.8 Å². The first-order chi connectivity index (χ1) is 6.61. The lowest BCUT2D eigenvalue weighted by Crippen LogP contribution is -2.27. The molecular formula is C9H11NO4. The molecule has 1 rings (SSSR count). The van der Waals surface area contributed by atoms with Crippen LogP contribution in [0.3, 0.4) is 0 Å². The lowest BCUT2D eigenvalue weighted by Gasteiger charge is -2.14. The minimum absolute atomic E-state index is 0.0943. The van der Waals surface area contributed by atoms with Crippen LogP contribution in [-0.2, 0) is 4.79 Å². The summed E-state index contributed by atoms with van der Waals surface area (Å²) >= 11 is 0. The summed E-state index contributed by atoms with van der Waals surface area (Å²) in [6.45, 7) is 0.